The van der Waals surface area contributed by atoms with Crippen molar-refractivity contribution in [3.63, 3.8) is 0 Å². The second-order valence-electron chi connectivity index (χ2n) is 3.72. The molecule has 0 bridgehead atoms. The summed E-state index contributed by atoms with van der Waals surface area (Å²) in [6.45, 7) is 0.703. The van der Waals surface area contributed by atoms with E-state index in [4.69, 9.17) is 5.11 Å². The Morgan fingerprint density at radius 3 is 3.06 bits per heavy atom. The first kappa shape index (κ1) is 11.8. The van der Waals surface area contributed by atoms with E-state index in [1.54, 1.807) is 11.1 Å². The van der Waals surface area contributed by atoms with Crippen molar-refractivity contribution < 1.29 is 14.7 Å². The maximum absolute atomic E-state index is 11.7. The number of carbonyl (C=O) groups excluding carboxylic acids is 1. The Balaban J connectivity index is 2.12. The average molecular weight is 252 g/mol. The Morgan fingerprint density at radius 2 is 2.35 bits per heavy atom. The molecule has 2 heterocycles. The quantitative estimate of drug-likeness (QED) is 0.832. The summed E-state index contributed by atoms with van der Waals surface area (Å²) in [6.07, 6.45) is 6.63. The molecule has 1 aliphatic rings. The zero-order chi connectivity index (χ0) is 12.3. The van der Waals surface area contributed by atoms with Crippen LogP contribution in [0.5, 0.6) is 0 Å². The Morgan fingerprint density at radius 1 is 1.53 bits per heavy atom. The number of thiazole rings is 1. The van der Waals surface area contributed by atoms with Gasteiger partial charge in [0.1, 0.15) is 0 Å². The highest BCUT2D eigenvalue weighted by Crippen LogP contribution is 2.26. The summed E-state index contributed by atoms with van der Waals surface area (Å²) in [5, 5.41) is 9.16. The molecule has 0 spiro atoms. The molecule has 6 heteroatoms. The largest absolute Gasteiger partial charge is 0.478 e. The molecule has 1 aliphatic heterocycles. The van der Waals surface area contributed by atoms with Crippen LogP contribution in [0.4, 0.5) is 5.13 Å². The van der Waals surface area contributed by atoms with Gasteiger partial charge in [0.05, 0.1) is 0 Å². The summed E-state index contributed by atoms with van der Waals surface area (Å²) in [5.41, 5.74) is 0. The van der Waals surface area contributed by atoms with Crippen molar-refractivity contribution in [2.75, 3.05) is 11.4 Å². The van der Waals surface area contributed by atoms with Crippen molar-refractivity contribution in [1.29, 1.82) is 0 Å². The smallest absolute Gasteiger partial charge is 0.328 e. The molecule has 90 valence electrons. The van der Waals surface area contributed by atoms with Crippen molar-refractivity contribution in [3.05, 3.63) is 17.2 Å². The number of carbonyl (C=O) groups is 2. The lowest BCUT2D eigenvalue weighted by atomic mass is 10.1. The third kappa shape index (κ3) is 2.91. The molecule has 1 fully saturated rings. The average Bonchev–Trinajstić information content (AvgIpc) is 2.75. The van der Waals surface area contributed by atoms with Crippen LogP contribution in [0.3, 0.4) is 0 Å². The lowest BCUT2D eigenvalue weighted by Gasteiger charge is -2.23. The van der Waals surface area contributed by atoms with Gasteiger partial charge in [-0.15, -0.1) is 0 Å². The summed E-state index contributed by atoms with van der Waals surface area (Å²) >= 11 is 1.33. The predicted molar refractivity (Wildman–Crippen MR) is 65.0 cm³/mol. The summed E-state index contributed by atoms with van der Waals surface area (Å²) in [7, 11) is 0. The maximum atomic E-state index is 11.7. The lowest BCUT2D eigenvalue weighted by Crippen LogP contribution is -2.34. The first-order valence-corrected chi connectivity index (χ1v) is 6.15. The number of carboxylic acid groups (broad SMARTS) is 1. The molecule has 0 aliphatic carbocycles. The third-order valence-corrected chi connectivity index (χ3v) is 3.44. The van der Waals surface area contributed by atoms with E-state index >= 15 is 0 Å². The van der Waals surface area contributed by atoms with Crippen LogP contribution in [0.2, 0.25) is 0 Å². The van der Waals surface area contributed by atoms with Gasteiger partial charge in [0.2, 0.25) is 5.91 Å². The number of hydrogen-bond acceptors (Lipinski definition) is 4. The van der Waals surface area contributed by atoms with Gasteiger partial charge in [-0.05, 0) is 18.9 Å². The summed E-state index contributed by atoms with van der Waals surface area (Å²) in [4.78, 5) is 28.6. The fourth-order valence-corrected chi connectivity index (χ4v) is 2.50. The van der Waals surface area contributed by atoms with Crippen LogP contribution in [-0.2, 0) is 9.59 Å². The molecular formula is C11H12N2O3S. The van der Waals surface area contributed by atoms with Gasteiger partial charge >= 0.3 is 5.97 Å². The number of amides is 1. The molecule has 0 unspecified atom stereocenters. The van der Waals surface area contributed by atoms with Gasteiger partial charge in [-0.3, -0.25) is 9.69 Å². The summed E-state index contributed by atoms with van der Waals surface area (Å²) < 4.78 is 0. The number of hydrogen-bond donors (Lipinski definition) is 1. The van der Waals surface area contributed by atoms with E-state index in [9.17, 15) is 9.59 Å². The molecule has 0 saturated carbocycles. The number of carboxylic acids is 1. The zero-order valence-corrected chi connectivity index (χ0v) is 9.94. The Kier molecular flexibility index (Phi) is 3.53. The monoisotopic (exact) mass is 252 g/mol. The van der Waals surface area contributed by atoms with Gasteiger partial charge in [0.25, 0.3) is 0 Å². The van der Waals surface area contributed by atoms with Gasteiger partial charge < -0.3 is 5.11 Å². The van der Waals surface area contributed by atoms with Gasteiger partial charge in [-0.25, -0.2) is 9.78 Å². The number of nitrogens with zero attached hydrogens (tertiary/aromatic N) is 2. The predicted octanol–water partition coefficient (Wildman–Crippen LogP) is 1.76. The van der Waals surface area contributed by atoms with Crippen LogP contribution < -0.4 is 4.90 Å². The Labute approximate surface area is 102 Å². The van der Waals surface area contributed by atoms with Crippen LogP contribution in [-0.4, -0.2) is 28.5 Å². The van der Waals surface area contributed by atoms with Crippen LogP contribution in [0.25, 0.3) is 6.08 Å². The van der Waals surface area contributed by atoms with Gasteiger partial charge in [0, 0.05) is 30.1 Å². The number of rotatable bonds is 3. The van der Waals surface area contributed by atoms with Crippen molar-refractivity contribution in [3.8, 4) is 0 Å². The van der Waals surface area contributed by atoms with Crippen molar-refractivity contribution in [1.82, 2.24) is 4.98 Å². The minimum atomic E-state index is -0.992. The van der Waals surface area contributed by atoms with E-state index in [1.807, 2.05) is 0 Å². The highest BCUT2D eigenvalue weighted by molar-refractivity contribution is 7.16. The highest BCUT2D eigenvalue weighted by Gasteiger charge is 2.21. The number of aliphatic carboxylic acids is 1. The van der Waals surface area contributed by atoms with E-state index in [0.717, 1.165) is 23.8 Å². The molecule has 2 rings (SSSR count). The second kappa shape index (κ2) is 5.09. The van der Waals surface area contributed by atoms with E-state index in [-0.39, 0.29) is 5.91 Å². The molecule has 1 N–H and O–H groups in total. The normalized spacial score (nSPS) is 16.7. The molecule has 0 radical (unpaired) electrons. The van der Waals surface area contributed by atoms with Crippen molar-refractivity contribution in [2.45, 2.75) is 19.3 Å². The molecule has 1 aromatic rings. The van der Waals surface area contributed by atoms with Gasteiger partial charge in [-0.1, -0.05) is 11.3 Å². The first-order chi connectivity index (χ1) is 8.16. The van der Waals surface area contributed by atoms with Crippen LogP contribution in [0.15, 0.2) is 12.3 Å². The number of piperidine rings is 1. The minimum absolute atomic E-state index is 0.0966. The van der Waals surface area contributed by atoms with E-state index in [0.29, 0.717) is 18.1 Å². The third-order valence-electron chi connectivity index (χ3n) is 2.46. The molecule has 0 atom stereocenters. The SMILES string of the molecule is O=C(O)/C=C/c1cnc(N2CCCCC2=O)s1. The van der Waals surface area contributed by atoms with E-state index in [2.05, 4.69) is 4.98 Å². The Bertz CT molecular complexity index is 467. The summed E-state index contributed by atoms with van der Waals surface area (Å²) in [5.74, 6) is -0.895. The summed E-state index contributed by atoms with van der Waals surface area (Å²) in [6, 6.07) is 0. The molecule has 1 amide bonds. The molecule has 1 aromatic heterocycles. The van der Waals surface area contributed by atoms with Crippen molar-refractivity contribution >= 4 is 34.4 Å². The van der Waals surface area contributed by atoms with E-state index in [1.165, 1.54) is 17.4 Å². The molecular weight excluding hydrogens is 240 g/mol. The standard InChI is InChI=1S/C11H12N2O3S/c14-9-3-1-2-6-13(9)11-12-7-8(17-11)4-5-10(15)16/h4-5,7H,1-3,6H2,(H,15,16)/b5-4+. The highest BCUT2D eigenvalue weighted by atomic mass is 32.1. The molecule has 5 nitrogen and oxygen atoms in total. The van der Waals surface area contributed by atoms with Crippen LogP contribution in [0.1, 0.15) is 24.1 Å². The topological polar surface area (TPSA) is 70.5 Å². The van der Waals surface area contributed by atoms with E-state index < -0.39 is 5.97 Å². The molecule has 0 aromatic carbocycles. The lowest BCUT2D eigenvalue weighted by molar-refractivity contribution is -0.131. The first-order valence-electron chi connectivity index (χ1n) is 5.34. The second-order valence-corrected chi connectivity index (χ2v) is 4.76. The fourth-order valence-electron chi connectivity index (χ4n) is 1.64. The minimum Gasteiger partial charge on any atom is -0.478 e. The Hall–Kier alpha value is -1.69. The van der Waals surface area contributed by atoms with Crippen LogP contribution >= 0.6 is 11.3 Å². The molecule has 17 heavy (non-hydrogen) atoms. The van der Waals surface area contributed by atoms with Gasteiger partial charge in [0.15, 0.2) is 5.13 Å². The van der Waals surface area contributed by atoms with Crippen molar-refractivity contribution in [2.24, 2.45) is 0 Å². The number of anilines is 1. The maximum Gasteiger partial charge on any atom is 0.328 e. The van der Waals surface area contributed by atoms with Crippen LogP contribution in [0, 0.1) is 0 Å². The zero-order valence-electron chi connectivity index (χ0n) is 9.13. The molecule has 1 saturated heterocycles. The number of aromatic nitrogens is 1. The van der Waals surface area contributed by atoms with Gasteiger partial charge in [-0.2, -0.15) is 0 Å². The fraction of sp³-hybridized carbons (Fsp3) is 0.364.